The van der Waals surface area contributed by atoms with Crippen LogP contribution in [0.15, 0.2) is 64.5 Å². The third kappa shape index (κ3) is 3.28. The topological polar surface area (TPSA) is 118 Å². The summed E-state index contributed by atoms with van der Waals surface area (Å²) in [5.41, 5.74) is 7.35. The number of hydrogen-bond acceptors (Lipinski definition) is 6. The van der Waals surface area contributed by atoms with Crippen LogP contribution in [0.1, 0.15) is 24.0 Å². The molecule has 3 N–H and O–H groups in total. The number of aromatic nitrogens is 1. The molecule has 0 fully saturated rings. The fourth-order valence-corrected chi connectivity index (χ4v) is 3.22. The third-order valence-corrected chi connectivity index (χ3v) is 4.50. The van der Waals surface area contributed by atoms with Crippen LogP contribution in [-0.2, 0) is 14.3 Å². The maximum absolute atomic E-state index is 12.8. The molecular weight excluding hydrogens is 358 g/mol. The van der Waals surface area contributed by atoms with Crippen molar-refractivity contribution in [2.24, 2.45) is 5.73 Å². The van der Waals surface area contributed by atoms with Gasteiger partial charge in [0, 0.05) is 11.1 Å². The van der Waals surface area contributed by atoms with Gasteiger partial charge in [0.1, 0.15) is 24.0 Å². The number of benzene rings is 1. The van der Waals surface area contributed by atoms with E-state index in [9.17, 15) is 14.9 Å². The van der Waals surface area contributed by atoms with Crippen molar-refractivity contribution >= 4 is 16.9 Å². The van der Waals surface area contributed by atoms with Gasteiger partial charge in [0.25, 0.3) is 5.56 Å². The van der Waals surface area contributed by atoms with Crippen LogP contribution in [0.4, 0.5) is 0 Å². The molecule has 0 spiro atoms. The summed E-state index contributed by atoms with van der Waals surface area (Å²) in [4.78, 5) is 28.3. The van der Waals surface area contributed by atoms with Crippen LogP contribution in [0.2, 0.25) is 0 Å². The Kier molecular flexibility index (Phi) is 5.05. The van der Waals surface area contributed by atoms with Gasteiger partial charge in [0.15, 0.2) is 0 Å². The summed E-state index contributed by atoms with van der Waals surface area (Å²) in [6.07, 6.45) is 1.42. The van der Waals surface area contributed by atoms with E-state index in [2.05, 4.69) is 11.6 Å². The number of carbonyl (C=O) groups is 1. The van der Waals surface area contributed by atoms with Gasteiger partial charge in [-0.3, -0.25) is 4.79 Å². The predicted molar refractivity (Wildman–Crippen MR) is 104 cm³/mol. The summed E-state index contributed by atoms with van der Waals surface area (Å²) in [7, 11) is 0. The molecule has 1 aromatic heterocycles. The molecule has 0 amide bonds. The smallest absolute Gasteiger partial charge is 0.338 e. The van der Waals surface area contributed by atoms with Crippen molar-refractivity contribution in [1.29, 1.82) is 5.26 Å². The lowest BCUT2D eigenvalue weighted by atomic mass is 9.83. The first-order chi connectivity index (χ1) is 13.4. The number of pyridine rings is 1. The average Bonchev–Trinajstić information content (AvgIpc) is 2.65. The molecule has 7 nitrogen and oxygen atoms in total. The third-order valence-electron chi connectivity index (χ3n) is 4.50. The lowest BCUT2D eigenvalue weighted by Gasteiger charge is -2.26. The summed E-state index contributed by atoms with van der Waals surface area (Å²) >= 11 is 0. The number of nitrogens with one attached hydrogen (secondary N) is 1. The molecular formula is C21H19N3O4. The van der Waals surface area contributed by atoms with Crippen LogP contribution < -0.4 is 11.3 Å². The Morgan fingerprint density at radius 1 is 1.43 bits per heavy atom. The van der Waals surface area contributed by atoms with Gasteiger partial charge in [-0.05, 0) is 36.9 Å². The number of H-pyrrole nitrogens is 1. The van der Waals surface area contributed by atoms with Gasteiger partial charge >= 0.3 is 5.97 Å². The predicted octanol–water partition coefficient (Wildman–Crippen LogP) is 2.65. The number of carbonyl (C=O) groups excluding carboxylic acids is 1. The number of fused-ring (bicyclic) bond motifs is 1. The highest BCUT2D eigenvalue weighted by molar-refractivity contribution is 5.93. The minimum absolute atomic E-state index is 0.0171. The van der Waals surface area contributed by atoms with Gasteiger partial charge < -0.3 is 20.2 Å². The lowest BCUT2D eigenvalue weighted by molar-refractivity contribution is -0.138. The normalized spacial score (nSPS) is 16.5. The highest BCUT2D eigenvalue weighted by Gasteiger charge is 2.37. The van der Waals surface area contributed by atoms with Gasteiger partial charge in [-0.15, -0.1) is 0 Å². The van der Waals surface area contributed by atoms with Crippen molar-refractivity contribution in [3.8, 4) is 6.07 Å². The molecule has 2 aromatic rings. The second-order valence-corrected chi connectivity index (χ2v) is 6.43. The zero-order valence-electron chi connectivity index (χ0n) is 15.5. The minimum atomic E-state index is -0.995. The molecule has 1 atom stereocenters. The molecule has 28 heavy (non-hydrogen) atoms. The van der Waals surface area contributed by atoms with E-state index < -0.39 is 17.4 Å². The molecule has 0 radical (unpaired) electrons. The van der Waals surface area contributed by atoms with Crippen molar-refractivity contribution < 1.29 is 14.3 Å². The molecule has 1 aliphatic rings. The number of nitrogens with two attached hydrogens (primary N) is 1. The molecule has 0 aliphatic carbocycles. The van der Waals surface area contributed by atoms with Gasteiger partial charge in [0.2, 0.25) is 5.88 Å². The van der Waals surface area contributed by atoms with Crippen LogP contribution in [0, 0.1) is 18.3 Å². The molecule has 0 bridgehead atoms. The second kappa shape index (κ2) is 7.45. The van der Waals surface area contributed by atoms with Crippen LogP contribution in [0.5, 0.6) is 0 Å². The van der Waals surface area contributed by atoms with E-state index in [0.717, 1.165) is 10.9 Å². The first-order valence-corrected chi connectivity index (χ1v) is 8.57. The standard InChI is InChI=1S/C21H19N3O4/c1-4-7-27-21(26)17-12(3)28-19(23)15(10-22)18(17)14-9-13-6-5-11(2)8-16(13)24-20(14)25/h4-6,8-9,18H,1,7,23H2,2-3H3,(H,24,25)/t18-/m0/s1. The van der Waals surface area contributed by atoms with Crippen LogP contribution in [0.3, 0.4) is 0 Å². The van der Waals surface area contributed by atoms with Gasteiger partial charge in [-0.25, -0.2) is 4.79 Å². The second-order valence-electron chi connectivity index (χ2n) is 6.43. The molecule has 7 heteroatoms. The fraction of sp³-hybridized carbons (Fsp3) is 0.190. The van der Waals surface area contributed by atoms with E-state index in [1.54, 1.807) is 6.07 Å². The summed E-state index contributed by atoms with van der Waals surface area (Å²) in [5.74, 6) is -1.66. The minimum Gasteiger partial charge on any atom is -0.458 e. The quantitative estimate of drug-likeness (QED) is 0.625. The number of allylic oxidation sites excluding steroid dienone is 2. The molecule has 1 aliphatic heterocycles. The highest BCUT2D eigenvalue weighted by atomic mass is 16.5. The van der Waals surface area contributed by atoms with Gasteiger partial charge in [0.05, 0.1) is 11.5 Å². The summed E-state index contributed by atoms with van der Waals surface area (Å²) in [5, 5.41) is 10.4. The van der Waals surface area contributed by atoms with Crippen molar-refractivity contribution in [3.63, 3.8) is 0 Å². The Labute approximate surface area is 161 Å². The molecule has 1 aromatic carbocycles. The summed E-state index contributed by atoms with van der Waals surface area (Å²) in [6, 6.07) is 9.23. The number of rotatable bonds is 4. The molecule has 0 saturated carbocycles. The van der Waals surface area contributed by atoms with Crippen LogP contribution >= 0.6 is 0 Å². The fourth-order valence-electron chi connectivity index (χ4n) is 3.22. The molecule has 142 valence electrons. The van der Waals surface area contributed by atoms with Crippen molar-refractivity contribution in [2.45, 2.75) is 19.8 Å². The average molecular weight is 377 g/mol. The monoisotopic (exact) mass is 377 g/mol. The largest absolute Gasteiger partial charge is 0.458 e. The number of hydrogen-bond donors (Lipinski definition) is 2. The SMILES string of the molecule is C=CCOC(=O)C1=C(C)OC(N)=C(C#N)[C@@H]1c1cc2ccc(C)cc2[nH]c1=O. The zero-order valence-corrected chi connectivity index (χ0v) is 15.5. The number of esters is 1. The van der Waals surface area contributed by atoms with Crippen molar-refractivity contribution in [3.05, 3.63) is 81.2 Å². The number of ether oxygens (including phenoxy) is 2. The highest BCUT2D eigenvalue weighted by Crippen LogP contribution is 2.38. The Hall–Kier alpha value is -3.79. The first kappa shape index (κ1) is 19.0. The Bertz CT molecular complexity index is 1150. The number of nitriles is 1. The number of aromatic amines is 1. The summed E-state index contributed by atoms with van der Waals surface area (Å²) < 4.78 is 10.5. The first-order valence-electron chi connectivity index (χ1n) is 8.57. The Morgan fingerprint density at radius 3 is 2.86 bits per heavy atom. The van der Waals surface area contributed by atoms with E-state index in [4.69, 9.17) is 15.2 Å². The summed E-state index contributed by atoms with van der Waals surface area (Å²) in [6.45, 7) is 6.95. The van der Waals surface area contributed by atoms with Gasteiger partial charge in [-0.1, -0.05) is 24.8 Å². The maximum atomic E-state index is 12.8. The van der Waals surface area contributed by atoms with E-state index >= 15 is 0 Å². The number of nitrogens with zero attached hydrogens (tertiary/aromatic N) is 1. The van der Waals surface area contributed by atoms with E-state index in [1.165, 1.54) is 13.0 Å². The van der Waals surface area contributed by atoms with Crippen LogP contribution in [0.25, 0.3) is 10.9 Å². The van der Waals surface area contributed by atoms with Crippen molar-refractivity contribution in [2.75, 3.05) is 6.61 Å². The Morgan fingerprint density at radius 2 is 2.18 bits per heavy atom. The molecule has 0 unspecified atom stereocenters. The molecule has 2 heterocycles. The van der Waals surface area contributed by atoms with E-state index in [0.29, 0.717) is 5.52 Å². The number of aryl methyl sites for hydroxylation is 1. The van der Waals surface area contributed by atoms with Crippen molar-refractivity contribution in [1.82, 2.24) is 4.98 Å². The lowest BCUT2D eigenvalue weighted by Crippen LogP contribution is -2.29. The van der Waals surface area contributed by atoms with Gasteiger partial charge in [-0.2, -0.15) is 5.26 Å². The molecule has 3 rings (SSSR count). The van der Waals surface area contributed by atoms with E-state index in [1.807, 2.05) is 31.2 Å². The molecule has 0 saturated heterocycles. The Balaban J connectivity index is 2.24. The van der Waals surface area contributed by atoms with Crippen LogP contribution in [-0.4, -0.2) is 17.6 Å². The maximum Gasteiger partial charge on any atom is 0.338 e. The van der Waals surface area contributed by atoms with E-state index in [-0.39, 0.29) is 35.0 Å². The zero-order chi connectivity index (χ0) is 20.4.